The second-order valence-electron chi connectivity index (χ2n) is 8.45. The summed E-state index contributed by atoms with van der Waals surface area (Å²) in [6, 6.07) is 0. The fourth-order valence-electron chi connectivity index (χ4n) is 4.51. The summed E-state index contributed by atoms with van der Waals surface area (Å²) in [6.45, 7) is 13.8. The van der Waals surface area contributed by atoms with Gasteiger partial charge < -0.3 is 24.8 Å². The van der Waals surface area contributed by atoms with Crippen LogP contribution in [-0.2, 0) is 9.53 Å². The van der Waals surface area contributed by atoms with Gasteiger partial charge in [0, 0.05) is 52.4 Å². The Morgan fingerprint density at radius 3 is 2.57 bits per heavy atom. The van der Waals surface area contributed by atoms with Crippen molar-refractivity contribution in [3.05, 3.63) is 0 Å². The molecule has 0 radical (unpaired) electrons. The van der Waals surface area contributed by atoms with E-state index < -0.39 is 0 Å². The van der Waals surface area contributed by atoms with Crippen molar-refractivity contribution in [2.24, 2.45) is 10.9 Å². The molecule has 0 aromatic heterocycles. The number of aliphatic imine (C=N–C) groups is 1. The van der Waals surface area contributed by atoms with E-state index in [9.17, 15) is 4.79 Å². The number of carbonyl (C=O) groups is 1. The Morgan fingerprint density at radius 2 is 1.89 bits per heavy atom. The van der Waals surface area contributed by atoms with Crippen LogP contribution in [-0.4, -0.2) is 98.2 Å². The number of hydrogen-bond donors (Lipinski definition) is 1. The van der Waals surface area contributed by atoms with Gasteiger partial charge in [-0.25, -0.2) is 0 Å². The number of ether oxygens (including phenoxy) is 1. The Hall–Kier alpha value is -1.34. The summed E-state index contributed by atoms with van der Waals surface area (Å²) >= 11 is 0. The molecule has 1 amide bonds. The van der Waals surface area contributed by atoms with Crippen molar-refractivity contribution in [2.45, 2.75) is 52.1 Å². The Balaban J connectivity index is 1.42. The summed E-state index contributed by atoms with van der Waals surface area (Å²) in [7, 11) is 0. The minimum atomic E-state index is -0.203. The summed E-state index contributed by atoms with van der Waals surface area (Å²) < 4.78 is 5.56. The highest BCUT2D eigenvalue weighted by atomic mass is 16.5. The number of rotatable bonds is 6. The van der Waals surface area contributed by atoms with Crippen molar-refractivity contribution < 1.29 is 9.53 Å². The molecule has 0 aromatic rings. The lowest BCUT2D eigenvalue weighted by Gasteiger charge is -2.37. The number of guanidine groups is 1. The van der Waals surface area contributed by atoms with Gasteiger partial charge in [-0.1, -0.05) is 6.92 Å². The van der Waals surface area contributed by atoms with Crippen LogP contribution in [0.4, 0.5) is 0 Å². The summed E-state index contributed by atoms with van der Waals surface area (Å²) in [5, 5.41) is 3.43. The van der Waals surface area contributed by atoms with Crippen molar-refractivity contribution in [2.75, 3.05) is 65.5 Å². The fourth-order valence-corrected chi connectivity index (χ4v) is 4.51. The molecular weight excluding hydrogens is 354 g/mol. The molecule has 0 spiro atoms. The van der Waals surface area contributed by atoms with Crippen LogP contribution in [0.5, 0.6) is 0 Å². The summed E-state index contributed by atoms with van der Waals surface area (Å²) in [4.78, 5) is 24.2. The smallest absolute Gasteiger partial charge is 0.251 e. The molecule has 3 fully saturated rings. The molecule has 0 aromatic carbocycles. The van der Waals surface area contributed by atoms with E-state index in [2.05, 4.69) is 29.0 Å². The molecular formula is C21H39N5O2. The topological polar surface area (TPSA) is 60.4 Å². The number of likely N-dealkylation sites (tertiary alicyclic amines) is 1. The first kappa shape index (κ1) is 21.4. The monoisotopic (exact) mass is 393 g/mol. The van der Waals surface area contributed by atoms with E-state index in [1.165, 1.54) is 25.9 Å². The lowest BCUT2D eigenvalue weighted by Crippen LogP contribution is -2.55. The van der Waals surface area contributed by atoms with E-state index in [0.717, 1.165) is 83.6 Å². The van der Waals surface area contributed by atoms with Gasteiger partial charge in [0.05, 0.1) is 0 Å². The van der Waals surface area contributed by atoms with Gasteiger partial charge in [-0.2, -0.15) is 0 Å². The normalized spacial score (nSPS) is 27.3. The van der Waals surface area contributed by atoms with Crippen LogP contribution < -0.4 is 5.32 Å². The zero-order valence-corrected chi connectivity index (χ0v) is 17.9. The van der Waals surface area contributed by atoms with Crippen molar-refractivity contribution in [1.82, 2.24) is 20.0 Å². The van der Waals surface area contributed by atoms with Crippen molar-refractivity contribution in [3.63, 3.8) is 0 Å². The van der Waals surface area contributed by atoms with Crippen LogP contribution in [0.25, 0.3) is 0 Å². The molecule has 3 aliphatic rings. The summed E-state index contributed by atoms with van der Waals surface area (Å²) in [5.74, 6) is 2.01. The molecule has 7 heteroatoms. The Kier molecular flexibility index (Phi) is 8.40. The molecule has 0 bridgehead atoms. The van der Waals surface area contributed by atoms with E-state index >= 15 is 0 Å². The number of piperidine rings is 1. The van der Waals surface area contributed by atoms with Crippen molar-refractivity contribution >= 4 is 11.9 Å². The van der Waals surface area contributed by atoms with Crippen LogP contribution >= 0.6 is 0 Å². The number of hydrogen-bond acceptors (Lipinski definition) is 4. The van der Waals surface area contributed by atoms with Crippen LogP contribution in [0.15, 0.2) is 4.99 Å². The number of amides is 1. The lowest BCUT2D eigenvalue weighted by molar-refractivity contribution is -0.142. The predicted octanol–water partition coefficient (Wildman–Crippen LogP) is 1.40. The Bertz CT molecular complexity index is 513. The van der Waals surface area contributed by atoms with E-state index in [-0.39, 0.29) is 12.0 Å². The molecule has 160 valence electrons. The van der Waals surface area contributed by atoms with E-state index in [0.29, 0.717) is 0 Å². The first-order valence-corrected chi connectivity index (χ1v) is 11.3. The SMILES string of the molecule is CCNC(=NCCCN1CCCC(C)C1)N1CCN(C(=O)C2CCCO2)CC1. The quantitative estimate of drug-likeness (QED) is 0.420. The predicted molar refractivity (Wildman–Crippen MR) is 113 cm³/mol. The van der Waals surface area contributed by atoms with Crippen molar-refractivity contribution in [1.29, 1.82) is 0 Å². The first-order valence-electron chi connectivity index (χ1n) is 11.3. The van der Waals surface area contributed by atoms with Crippen molar-refractivity contribution in [3.8, 4) is 0 Å². The molecule has 2 atom stereocenters. The van der Waals surface area contributed by atoms with Gasteiger partial charge in [0.2, 0.25) is 0 Å². The van der Waals surface area contributed by atoms with Gasteiger partial charge in [-0.3, -0.25) is 9.79 Å². The molecule has 7 nitrogen and oxygen atoms in total. The highest BCUT2D eigenvalue weighted by molar-refractivity contribution is 5.82. The molecule has 3 saturated heterocycles. The lowest BCUT2D eigenvalue weighted by atomic mass is 10.0. The van der Waals surface area contributed by atoms with Crippen LogP contribution in [0.1, 0.15) is 46.0 Å². The maximum Gasteiger partial charge on any atom is 0.251 e. The molecule has 1 N–H and O–H groups in total. The Morgan fingerprint density at radius 1 is 1.11 bits per heavy atom. The third-order valence-corrected chi connectivity index (χ3v) is 6.07. The fraction of sp³-hybridized carbons (Fsp3) is 0.905. The Labute approximate surface area is 170 Å². The molecule has 3 heterocycles. The minimum absolute atomic E-state index is 0.176. The van der Waals surface area contributed by atoms with Gasteiger partial charge >= 0.3 is 0 Å². The standard InChI is InChI=1S/C21H39N5O2/c1-3-22-21(23-9-6-11-24-10-4-7-18(2)17-24)26-14-12-25(13-15-26)20(27)19-8-5-16-28-19/h18-19H,3-17H2,1-2H3,(H,22,23). The largest absolute Gasteiger partial charge is 0.368 e. The summed E-state index contributed by atoms with van der Waals surface area (Å²) in [5.41, 5.74) is 0. The maximum absolute atomic E-state index is 12.5. The summed E-state index contributed by atoms with van der Waals surface area (Å²) in [6.07, 6.45) is 5.50. The van der Waals surface area contributed by atoms with Gasteiger partial charge in [0.1, 0.15) is 6.10 Å². The van der Waals surface area contributed by atoms with E-state index in [1.54, 1.807) is 0 Å². The molecule has 3 rings (SSSR count). The second kappa shape index (κ2) is 11.0. The van der Waals surface area contributed by atoms with Gasteiger partial charge in [-0.15, -0.1) is 0 Å². The molecule has 0 aliphatic carbocycles. The zero-order chi connectivity index (χ0) is 19.8. The third-order valence-electron chi connectivity index (χ3n) is 6.07. The van der Waals surface area contributed by atoms with E-state index in [1.807, 2.05) is 4.90 Å². The maximum atomic E-state index is 12.5. The average molecular weight is 394 g/mol. The highest BCUT2D eigenvalue weighted by Gasteiger charge is 2.30. The molecule has 28 heavy (non-hydrogen) atoms. The number of piperazine rings is 1. The van der Waals surface area contributed by atoms with Gasteiger partial charge in [-0.05, 0) is 58.0 Å². The molecule has 0 saturated carbocycles. The van der Waals surface area contributed by atoms with Gasteiger partial charge in [0.25, 0.3) is 5.91 Å². The highest BCUT2D eigenvalue weighted by Crippen LogP contribution is 2.17. The number of nitrogens with zero attached hydrogens (tertiary/aromatic N) is 4. The molecule has 3 aliphatic heterocycles. The van der Waals surface area contributed by atoms with Gasteiger partial charge in [0.15, 0.2) is 5.96 Å². The minimum Gasteiger partial charge on any atom is -0.368 e. The van der Waals surface area contributed by atoms with Crippen LogP contribution in [0.3, 0.4) is 0 Å². The van der Waals surface area contributed by atoms with Crippen LogP contribution in [0, 0.1) is 5.92 Å². The first-order chi connectivity index (χ1) is 13.7. The average Bonchev–Trinajstić information content (AvgIpc) is 3.25. The third kappa shape index (κ3) is 6.08. The van der Waals surface area contributed by atoms with E-state index in [4.69, 9.17) is 9.73 Å². The number of carbonyl (C=O) groups excluding carboxylic acids is 1. The number of nitrogens with one attached hydrogen (secondary N) is 1. The van der Waals surface area contributed by atoms with Crippen LogP contribution in [0.2, 0.25) is 0 Å². The zero-order valence-electron chi connectivity index (χ0n) is 17.9. The second-order valence-corrected chi connectivity index (χ2v) is 8.45. The molecule has 2 unspecified atom stereocenters.